The van der Waals surface area contributed by atoms with Crippen LogP contribution in [0.3, 0.4) is 0 Å². The van der Waals surface area contributed by atoms with E-state index >= 15 is 0 Å². The van der Waals surface area contributed by atoms with Gasteiger partial charge in [0.1, 0.15) is 12.6 Å². The van der Waals surface area contributed by atoms with Gasteiger partial charge in [0.15, 0.2) is 0 Å². The maximum absolute atomic E-state index is 12.5. The Labute approximate surface area is 152 Å². The van der Waals surface area contributed by atoms with E-state index in [-0.39, 0.29) is 12.5 Å². The number of carbonyl (C=O) groups is 2. The molecule has 0 radical (unpaired) electrons. The SMILES string of the molecule is CN(C)c1ccc(CNC(=O)[C@@H]2COC(=O)N2Cc2ccncc2)cc1. The first-order chi connectivity index (χ1) is 12.5. The summed E-state index contributed by atoms with van der Waals surface area (Å²) in [4.78, 5) is 31.9. The van der Waals surface area contributed by atoms with Crippen molar-refractivity contribution in [1.29, 1.82) is 0 Å². The second kappa shape index (κ2) is 7.86. The number of pyridine rings is 1. The van der Waals surface area contributed by atoms with Gasteiger partial charge >= 0.3 is 6.09 Å². The lowest BCUT2D eigenvalue weighted by molar-refractivity contribution is -0.125. The molecule has 2 amide bonds. The van der Waals surface area contributed by atoms with Crippen molar-refractivity contribution in [2.75, 3.05) is 25.6 Å². The van der Waals surface area contributed by atoms with Crippen LogP contribution in [0.2, 0.25) is 0 Å². The summed E-state index contributed by atoms with van der Waals surface area (Å²) in [6.07, 6.45) is 2.84. The number of aromatic nitrogens is 1. The van der Waals surface area contributed by atoms with E-state index in [9.17, 15) is 9.59 Å². The van der Waals surface area contributed by atoms with Crippen LogP contribution >= 0.6 is 0 Å². The molecule has 26 heavy (non-hydrogen) atoms. The molecule has 0 unspecified atom stereocenters. The molecule has 0 spiro atoms. The van der Waals surface area contributed by atoms with Gasteiger partial charge in [-0.3, -0.25) is 14.7 Å². The summed E-state index contributed by atoms with van der Waals surface area (Å²) in [5.74, 6) is -0.221. The molecule has 0 saturated carbocycles. The van der Waals surface area contributed by atoms with Crippen LogP contribution in [0.25, 0.3) is 0 Å². The average Bonchev–Trinajstić information content (AvgIpc) is 3.01. The van der Waals surface area contributed by atoms with Crippen LogP contribution in [0.5, 0.6) is 0 Å². The highest BCUT2D eigenvalue weighted by Gasteiger charge is 2.37. The number of hydrogen-bond acceptors (Lipinski definition) is 5. The van der Waals surface area contributed by atoms with Gasteiger partial charge in [-0.25, -0.2) is 4.79 Å². The first-order valence-electron chi connectivity index (χ1n) is 8.41. The second-order valence-electron chi connectivity index (χ2n) is 6.35. The fourth-order valence-corrected chi connectivity index (χ4v) is 2.75. The van der Waals surface area contributed by atoms with Crippen molar-refractivity contribution < 1.29 is 14.3 Å². The fraction of sp³-hybridized carbons (Fsp3) is 0.316. The number of hydrogen-bond donors (Lipinski definition) is 1. The fourth-order valence-electron chi connectivity index (χ4n) is 2.75. The van der Waals surface area contributed by atoms with E-state index in [0.717, 1.165) is 16.8 Å². The third kappa shape index (κ3) is 4.11. The van der Waals surface area contributed by atoms with Crippen molar-refractivity contribution in [2.24, 2.45) is 0 Å². The Bertz CT molecular complexity index is 762. The quantitative estimate of drug-likeness (QED) is 0.856. The van der Waals surface area contributed by atoms with Crippen LogP contribution in [-0.4, -0.2) is 48.6 Å². The molecule has 0 bridgehead atoms. The van der Waals surface area contributed by atoms with E-state index in [1.54, 1.807) is 12.4 Å². The summed E-state index contributed by atoms with van der Waals surface area (Å²) in [6.45, 7) is 0.784. The number of anilines is 1. The number of amides is 2. The standard InChI is InChI=1S/C19H22N4O3/c1-22(2)16-5-3-14(4-6-16)11-21-18(24)17-13-26-19(25)23(17)12-15-7-9-20-10-8-15/h3-10,17H,11-13H2,1-2H3,(H,21,24)/t17-/m0/s1. The molecule has 1 atom stereocenters. The van der Waals surface area contributed by atoms with Crippen molar-refractivity contribution in [3.63, 3.8) is 0 Å². The van der Waals surface area contributed by atoms with Gasteiger partial charge in [-0.15, -0.1) is 0 Å². The highest BCUT2D eigenvalue weighted by atomic mass is 16.6. The number of nitrogens with zero attached hydrogens (tertiary/aromatic N) is 3. The third-order valence-electron chi connectivity index (χ3n) is 4.30. The monoisotopic (exact) mass is 354 g/mol. The van der Waals surface area contributed by atoms with Gasteiger partial charge in [-0.05, 0) is 35.4 Å². The maximum Gasteiger partial charge on any atom is 0.410 e. The van der Waals surface area contributed by atoms with Gasteiger partial charge in [-0.2, -0.15) is 0 Å². The molecule has 1 N–H and O–H groups in total. The minimum atomic E-state index is -0.628. The van der Waals surface area contributed by atoms with Gasteiger partial charge < -0.3 is 15.0 Å². The Morgan fingerprint density at radius 2 is 1.88 bits per heavy atom. The van der Waals surface area contributed by atoms with Crippen molar-refractivity contribution >= 4 is 17.7 Å². The van der Waals surface area contributed by atoms with Crippen molar-refractivity contribution in [3.8, 4) is 0 Å². The van der Waals surface area contributed by atoms with E-state index in [0.29, 0.717) is 13.1 Å². The minimum absolute atomic E-state index is 0.0648. The number of ether oxygens (including phenoxy) is 1. The summed E-state index contributed by atoms with van der Waals surface area (Å²) in [5.41, 5.74) is 2.99. The third-order valence-corrected chi connectivity index (χ3v) is 4.30. The minimum Gasteiger partial charge on any atom is -0.447 e. The molecule has 2 aromatic rings. The normalized spacial score (nSPS) is 16.3. The lowest BCUT2D eigenvalue weighted by Crippen LogP contribution is -2.45. The zero-order valence-electron chi connectivity index (χ0n) is 14.9. The van der Waals surface area contributed by atoms with Crippen LogP contribution in [-0.2, 0) is 22.6 Å². The Morgan fingerprint density at radius 1 is 1.19 bits per heavy atom. The van der Waals surface area contributed by atoms with Gasteiger partial charge in [0.05, 0.1) is 6.54 Å². The molecule has 1 aliphatic heterocycles. The molecule has 1 aromatic heterocycles. The van der Waals surface area contributed by atoms with Gasteiger partial charge in [-0.1, -0.05) is 12.1 Å². The number of carbonyl (C=O) groups excluding carboxylic acids is 2. The molecule has 3 rings (SSSR count). The predicted molar refractivity (Wildman–Crippen MR) is 97.5 cm³/mol. The summed E-state index contributed by atoms with van der Waals surface area (Å²) < 4.78 is 5.07. The van der Waals surface area contributed by atoms with Gasteiger partial charge in [0.2, 0.25) is 5.91 Å². The molecule has 1 fully saturated rings. The molecule has 2 heterocycles. The van der Waals surface area contributed by atoms with Crippen molar-refractivity contribution in [3.05, 3.63) is 59.9 Å². The van der Waals surface area contributed by atoms with Crippen molar-refractivity contribution in [1.82, 2.24) is 15.2 Å². The molecule has 0 aliphatic carbocycles. The highest BCUT2D eigenvalue weighted by molar-refractivity contribution is 5.87. The lowest BCUT2D eigenvalue weighted by atomic mass is 10.2. The van der Waals surface area contributed by atoms with Crippen LogP contribution in [0.15, 0.2) is 48.8 Å². The Balaban J connectivity index is 1.60. The first-order valence-corrected chi connectivity index (χ1v) is 8.41. The molecule has 1 aliphatic rings. The molecule has 7 heteroatoms. The smallest absolute Gasteiger partial charge is 0.410 e. The average molecular weight is 354 g/mol. The lowest BCUT2D eigenvalue weighted by Gasteiger charge is -2.21. The Hall–Kier alpha value is -3.09. The van der Waals surface area contributed by atoms with E-state index in [1.165, 1.54) is 4.90 Å². The number of benzene rings is 1. The summed E-state index contributed by atoms with van der Waals surface area (Å²) >= 11 is 0. The summed E-state index contributed by atoms with van der Waals surface area (Å²) in [5, 5.41) is 2.89. The van der Waals surface area contributed by atoms with E-state index in [1.807, 2.05) is 55.4 Å². The number of nitrogens with one attached hydrogen (secondary N) is 1. The Morgan fingerprint density at radius 3 is 2.54 bits per heavy atom. The van der Waals surface area contributed by atoms with E-state index in [4.69, 9.17) is 4.74 Å². The topological polar surface area (TPSA) is 74.8 Å². The van der Waals surface area contributed by atoms with Crippen LogP contribution in [0.4, 0.5) is 10.5 Å². The summed E-state index contributed by atoms with van der Waals surface area (Å²) in [6, 6.07) is 10.9. The molecular formula is C19H22N4O3. The molecule has 136 valence electrons. The van der Waals surface area contributed by atoms with Crippen LogP contribution < -0.4 is 10.2 Å². The maximum atomic E-state index is 12.5. The van der Waals surface area contributed by atoms with Crippen molar-refractivity contribution in [2.45, 2.75) is 19.1 Å². The van der Waals surface area contributed by atoms with E-state index < -0.39 is 12.1 Å². The summed E-state index contributed by atoms with van der Waals surface area (Å²) in [7, 11) is 3.95. The largest absolute Gasteiger partial charge is 0.447 e. The first kappa shape index (κ1) is 17.7. The molecule has 1 saturated heterocycles. The second-order valence-corrected chi connectivity index (χ2v) is 6.35. The van der Waals surface area contributed by atoms with E-state index in [2.05, 4.69) is 10.3 Å². The zero-order valence-corrected chi connectivity index (χ0v) is 14.9. The molecule has 1 aromatic carbocycles. The number of rotatable bonds is 6. The molecular weight excluding hydrogens is 332 g/mol. The Kier molecular flexibility index (Phi) is 5.36. The number of cyclic esters (lactones) is 1. The molecule has 7 nitrogen and oxygen atoms in total. The van der Waals surface area contributed by atoms with Gasteiger partial charge in [0.25, 0.3) is 0 Å². The highest BCUT2D eigenvalue weighted by Crippen LogP contribution is 2.17. The van der Waals surface area contributed by atoms with Crippen LogP contribution in [0, 0.1) is 0 Å². The van der Waals surface area contributed by atoms with Gasteiger partial charge in [0, 0.05) is 38.7 Å². The van der Waals surface area contributed by atoms with Crippen LogP contribution in [0.1, 0.15) is 11.1 Å². The zero-order chi connectivity index (χ0) is 18.5. The predicted octanol–water partition coefficient (Wildman–Crippen LogP) is 1.78.